The maximum absolute atomic E-state index is 12.5. The lowest BCUT2D eigenvalue weighted by Crippen LogP contribution is -2.48. The zero-order valence-corrected chi connectivity index (χ0v) is 13.9. The number of hydrogen-bond donors (Lipinski definition) is 3. The number of nitrogens with one attached hydrogen (secondary N) is 2. The fraction of sp³-hybridized carbons (Fsp3) is 0.467. The van der Waals surface area contributed by atoms with Crippen LogP contribution < -0.4 is 16.0 Å². The Morgan fingerprint density at radius 1 is 1.42 bits per heavy atom. The highest BCUT2D eigenvalue weighted by Gasteiger charge is 2.30. The first kappa shape index (κ1) is 15.4. The Labute approximate surface area is 143 Å². The summed E-state index contributed by atoms with van der Waals surface area (Å²) in [4.78, 5) is 30.1. The van der Waals surface area contributed by atoms with Gasteiger partial charge in [-0.1, -0.05) is 0 Å². The predicted molar refractivity (Wildman–Crippen MR) is 93.3 cm³/mol. The topological polar surface area (TPSA) is 113 Å². The molecule has 0 radical (unpaired) electrons. The number of rotatable bonds is 4. The van der Waals surface area contributed by atoms with Gasteiger partial charge in [-0.25, -0.2) is 15.0 Å². The van der Waals surface area contributed by atoms with Gasteiger partial charge in [0, 0.05) is 25.3 Å². The Balaban J connectivity index is 1.43. The molecule has 4 rings (SSSR count). The molecule has 2 aromatic heterocycles. The van der Waals surface area contributed by atoms with E-state index in [4.69, 9.17) is 5.73 Å². The summed E-state index contributed by atoms with van der Waals surface area (Å²) in [5.41, 5.74) is 7.32. The first-order valence-electron chi connectivity index (χ1n) is 7.98. The number of carbonyl (C=O) groups is 1. The van der Waals surface area contributed by atoms with Crippen LogP contribution >= 0.6 is 11.8 Å². The lowest BCUT2D eigenvalue weighted by Gasteiger charge is -2.34. The molecular weight excluding hydrogens is 326 g/mol. The van der Waals surface area contributed by atoms with Crippen molar-refractivity contribution in [3.8, 4) is 0 Å². The van der Waals surface area contributed by atoms with E-state index in [1.54, 1.807) is 6.33 Å². The number of amides is 1. The van der Waals surface area contributed by atoms with Gasteiger partial charge in [0.2, 0.25) is 5.91 Å². The fourth-order valence-electron chi connectivity index (χ4n) is 2.95. The molecule has 9 heteroatoms. The van der Waals surface area contributed by atoms with Crippen LogP contribution in [-0.4, -0.2) is 50.2 Å². The zero-order chi connectivity index (χ0) is 16.5. The van der Waals surface area contributed by atoms with Crippen LogP contribution in [0.25, 0.3) is 11.2 Å². The number of nitrogens with two attached hydrogens (primary N) is 1. The Kier molecular flexibility index (Phi) is 4.11. The number of fused-ring (bicyclic) bond motifs is 1. The van der Waals surface area contributed by atoms with Gasteiger partial charge in [-0.2, -0.15) is 0 Å². The minimum absolute atomic E-state index is 0.0448. The van der Waals surface area contributed by atoms with E-state index < -0.39 is 0 Å². The third kappa shape index (κ3) is 2.84. The molecule has 0 saturated heterocycles. The first-order chi connectivity index (χ1) is 11.7. The maximum atomic E-state index is 12.5. The number of H-pyrrole nitrogens is 1. The SMILES string of the molecule is N[C@H]1CC[C@H]1CNC(=O)[C@H]1CN(c2ncnc3nc[nH]c23)C=CS1. The molecule has 1 amide bonds. The van der Waals surface area contributed by atoms with Crippen molar-refractivity contribution in [1.29, 1.82) is 0 Å². The normalized spacial score (nSPS) is 26.4. The molecular formula is C15H19N7OS. The standard InChI is InChI=1S/C15H19N7OS/c16-10-2-1-9(10)5-17-15(23)11-6-22(3-4-24-11)14-12-13(19-7-18-12)20-8-21-14/h3-4,7-11H,1-2,5-6,16H2,(H,17,23)(H,18,19,20,21)/t9-,10-,11+/m0/s1. The van der Waals surface area contributed by atoms with Crippen molar-refractivity contribution >= 4 is 34.7 Å². The van der Waals surface area contributed by atoms with Gasteiger partial charge in [0.05, 0.1) is 6.33 Å². The molecule has 3 heterocycles. The van der Waals surface area contributed by atoms with Crippen molar-refractivity contribution in [1.82, 2.24) is 25.3 Å². The molecule has 2 aliphatic rings. The molecule has 8 nitrogen and oxygen atoms in total. The zero-order valence-electron chi connectivity index (χ0n) is 13.1. The van der Waals surface area contributed by atoms with Gasteiger partial charge >= 0.3 is 0 Å². The summed E-state index contributed by atoms with van der Waals surface area (Å²) in [6.45, 7) is 1.22. The van der Waals surface area contributed by atoms with Crippen LogP contribution in [0.4, 0.5) is 5.82 Å². The van der Waals surface area contributed by atoms with E-state index in [2.05, 4.69) is 25.3 Å². The summed E-state index contributed by atoms with van der Waals surface area (Å²) < 4.78 is 0. The van der Waals surface area contributed by atoms with Gasteiger partial charge in [0.15, 0.2) is 11.5 Å². The molecule has 0 aromatic carbocycles. The number of aromatic amines is 1. The van der Waals surface area contributed by atoms with Crippen LogP contribution in [-0.2, 0) is 4.79 Å². The average Bonchev–Trinajstić information content (AvgIpc) is 3.09. The molecule has 1 saturated carbocycles. The summed E-state index contributed by atoms with van der Waals surface area (Å²) in [5.74, 6) is 1.19. The van der Waals surface area contributed by atoms with Crippen molar-refractivity contribution in [2.75, 3.05) is 18.0 Å². The van der Waals surface area contributed by atoms with Crippen molar-refractivity contribution in [3.05, 3.63) is 24.3 Å². The van der Waals surface area contributed by atoms with E-state index in [-0.39, 0.29) is 17.2 Å². The molecule has 1 aliphatic heterocycles. The van der Waals surface area contributed by atoms with Gasteiger partial charge < -0.3 is 20.9 Å². The molecule has 0 unspecified atom stereocenters. The molecule has 0 bridgehead atoms. The average molecular weight is 345 g/mol. The van der Waals surface area contributed by atoms with E-state index in [0.29, 0.717) is 24.7 Å². The molecule has 3 atom stereocenters. The summed E-state index contributed by atoms with van der Waals surface area (Å²) in [6.07, 6.45) is 7.17. The minimum Gasteiger partial charge on any atom is -0.355 e. The second kappa shape index (κ2) is 6.40. The lowest BCUT2D eigenvalue weighted by molar-refractivity contribution is -0.120. The second-order valence-electron chi connectivity index (χ2n) is 6.11. The number of imidazole rings is 1. The van der Waals surface area contributed by atoms with E-state index >= 15 is 0 Å². The van der Waals surface area contributed by atoms with Crippen molar-refractivity contribution in [2.24, 2.45) is 11.7 Å². The molecule has 0 spiro atoms. The second-order valence-corrected chi connectivity index (χ2v) is 7.22. The monoisotopic (exact) mass is 345 g/mol. The van der Waals surface area contributed by atoms with Gasteiger partial charge in [-0.05, 0) is 24.2 Å². The molecule has 1 fully saturated rings. The third-order valence-corrected chi connectivity index (χ3v) is 5.60. The number of thioether (sulfide) groups is 1. The fourth-order valence-corrected chi connectivity index (χ4v) is 3.81. The van der Waals surface area contributed by atoms with Crippen molar-refractivity contribution in [3.63, 3.8) is 0 Å². The number of aromatic nitrogens is 4. The number of carbonyl (C=O) groups excluding carboxylic acids is 1. The van der Waals surface area contributed by atoms with Crippen LogP contribution in [0, 0.1) is 5.92 Å². The third-order valence-electron chi connectivity index (χ3n) is 4.63. The Bertz CT molecular complexity index is 776. The van der Waals surface area contributed by atoms with E-state index in [1.165, 1.54) is 18.1 Å². The Hall–Kier alpha value is -2.13. The van der Waals surface area contributed by atoms with Gasteiger partial charge in [-0.3, -0.25) is 4.79 Å². The highest BCUT2D eigenvalue weighted by Crippen LogP contribution is 2.28. The maximum Gasteiger partial charge on any atom is 0.235 e. The van der Waals surface area contributed by atoms with E-state index in [0.717, 1.165) is 24.2 Å². The van der Waals surface area contributed by atoms with Crippen LogP contribution in [0.1, 0.15) is 12.8 Å². The van der Waals surface area contributed by atoms with Crippen LogP contribution in [0.5, 0.6) is 0 Å². The molecule has 126 valence electrons. The highest BCUT2D eigenvalue weighted by molar-refractivity contribution is 8.03. The number of hydrogen-bond acceptors (Lipinski definition) is 7. The predicted octanol–water partition coefficient (Wildman–Crippen LogP) is 0.599. The summed E-state index contributed by atoms with van der Waals surface area (Å²) in [7, 11) is 0. The molecule has 24 heavy (non-hydrogen) atoms. The quantitative estimate of drug-likeness (QED) is 0.743. The number of nitrogens with zero attached hydrogens (tertiary/aromatic N) is 4. The molecule has 4 N–H and O–H groups in total. The Morgan fingerprint density at radius 3 is 3.12 bits per heavy atom. The van der Waals surface area contributed by atoms with Crippen molar-refractivity contribution < 1.29 is 4.79 Å². The van der Waals surface area contributed by atoms with Crippen LogP contribution in [0.2, 0.25) is 0 Å². The van der Waals surface area contributed by atoms with Gasteiger partial charge in [-0.15, -0.1) is 11.8 Å². The minimum atomic E-state index is -0.181. The van der Waals surface area contributed by atoms with E-state index in [1.807, 2.05) is 16.5 Å². The van der Waals surface area contributed by atoms with Gasteiger partial charge in [0.1, 0.15) is 17.1 Å². The first-order valence-corrected chi connectivity index (χ1v) is 8.93. The highest BCUT2D eigenvalue weighted by atomic mass is 32.2. The van der Waals surface area contributed by atoms with Gasteiger partial charge in [0.25, 0.3) is 0 Å². The van der Waals surface area contributed by atoms with Crippen molar-refractivity contribution in [2.45, 2.75) is 24.1 Å². The van der Waals surface area contributed by atoms with Crippen LogP contribution in [0.3, 0.4) is 0 Å². The molecule has 2 aromatic rings. The van der Waals surface area contributed by atoms with E-state index in [9.17, 15) is 4.79 Å². The summed E-state index contributed by atoms with van der Waals surface area (Å²) in [6, 6.07) is 0.232. The summed E-state index contributed by atoms with van der Waals surface area (Å²) >= 11 is 1.52. The Morgan fingerprint density at radius 2 is 2.33 bits per heavy atom. The number of anilines is 1. The summed E-state index contributed by atoms with van der Waals surface area (Å²) in [5, 5.41) is 4.78. The molecule has 1 aliphatic carbocycles. The van der Waals surface area contributed by atoms with Crippen LogP contribution in [0.15, 0.2) is 24.3 Å². The smallest absolute Gasteiger partial charge is 0.235 e. The lowest BCUT2D eigenvalue weighted by atomic mass is 9.80. The largest absolute Gasteiger partial charge is 0.355 e.